The van der Waals surface area contributed by atoms with E-state index in [-0.39, 0.29) is 0 Å². The molecule has 0 N–H and O–H groups in total. The summed E-state index contributed by atoms with van der Waals surface area (Å²) in [6, 6.07) is 0. The minimum Gasteiger partial charge on any atom is -0.0955 e. The molecule has 0 aliphatic rings. The third-order valence-electron chi connectivity index (χ3n) is 2.80. The summed E-state index contributed by atoms with van der Waals surface area (Å²) in [7, 11) is 0. The van der Waals surface area contributed by atoms with Crippen LogP contribution in [0.5, 0.6) is 0 Å². The normalized spacial score (nSPS) is 11.8. The molecular formula is C13H24. The Balaban J connectivity index is 4.24. The summed E-state index contributed by atoms with van der Waals surface area (Å²) in [5.74, 6) is 0.528. The van der Waals surface area contributed by atoms with Gasteiger partial charge in [-0.3, -0.25) is 0 Å². The Kier molecular flexibility index (Phi) is 4.46. The fourth-order valence-electron chi connectivity index (χ4n) is 1.22. The zero-order valence-corrected chi connectivity index (χ0v) is 9.91. The van der Waals surface area contributed by atoms with Crippen LogP contribution in [0.2, 0.25) is 0 Å². The fourth-order valence-corrected chi connectivity index (χ4v) is 1.22. The molecule has 0 atom stereocenters. The van der Waals surface area contributed by atoms with Gasteiger partial charge >= 0.3 is 0 Å². The van der Waals surface area contributed by atoms with Gasteiger partial charge in [-0.15, -0.1) is 0 Å². The van der Waals surface area contributed by atoms with E-state index < -0.39 is 0 Å². The quantitative estimate of drug-likeness (QED) is 0.543. The summed E-state index contributed by atoms with van der Waals surface area (Å²) in [6.45, 7) is 19.3. The highest BCUT2D eigenvalue weighted by Gasteiger charge is 2.18. The molecule has 0 aliphatic carbocycles. The summed E-state index contributed by atoms with van der Waals surface area (Å²) in [5, 5.41) is 0. The average Bonchev–Trinajstić information content (AvgIpc) is 2.02. The number of rotatable bonds is 5. The van der Waals surface area contributed by atoms with E-state index in [0.29, 0.717) is 11.3 Å². The molecule has 13 heavy (non-hydrogen) atoms. The van der Waals surface area contributed by atoms with E-state index in [1.54, 1.807) is 0 Å². The van der Waals surface area contributed by atoms with Gasteiger partial charge in [0.25, 0.3) is 0 Å². The number of allylic oxidation sites excluding steroid dienone is 2. The maximum atomic E-state index is 4.11. The van der Waals surface area contributed by atoms with Crippen molar-refractivity contribution in [3.8, 4) is 0 Å². The topological polar surface area (TPSA) is 0 Å². The maximum absolute atomic E-state index is 4.11. The van der Waals surface area contributed by atoms with Crippen LogP contribution in [0.25, 0.3) is 0 Å². The smallest absolute Gasteiger partial charge is 0.0222 e. The summed E-state index contributed by atoms with van der Waals surface area (Å²) < 4.78 is 0. The summed E-state index contributed by atoms with van der Waals surface area (Å²) >= 11 is 0. The maximum Gasteiger partial charge on any atom is -0.0222 e. The molecular weight excluding hydrogens is 156 g/mol. The van der Waals surface area contributed by atoms with Gasteiger partial charge in [-0.1, -0.05) is 65.3 Å². The molecule has 0 heteroatoms. The lowest BCUT2D eigenvalue weighted by Gasteiger charge is -2.25. The van der Waals surface area contributed by atoms with Crippen molar-refractivity contribution >= 4 is 0 Å². The van der Waals surface area contributed by atoms with Crippen LogP contribution >= 0.6 is 0 Å². The first-order chi connectivity index (χ1) is 5.80. The molecule has 0 amide bonds. The van der Waals surface area contributed by atoms with Crippen molar-refractivity contribution in [2.45, 2.75) is 47.5 Å². The minimum atomic E-state index is 0.370. The van der Waals surface area contributed by atoms with Crippen molar-refractivity contribution in [3.63, 3.8) is 0 Å². The van der Waals surface area contributed by atoms with E-state index in [2.05, 4.69) is 47.8 Å². The zero-order chi connectivity index (χ0) is 10.6. The Bertz CT molecular complexity index is 194. The Morgan fingerprint density at radius 3 is 2.00 bits per heavy atom. The van der Waals surface area contributed by atoms with Gasteiger partial charge in [0.1, 0.15) is 0 Å². The molecule has 0 saturated heterocycles. The molecule has 0 bridgehead atoms. The Morgan fingerprint density at radius 2 is 1.69 bits per heavy atom. The van der Waals surface area contributed by atoms with Gasteiger partial charge in [0.2, 0.25) is 0 Å². The molecule has 0 aromatic carbocycles. The number of hydrogen-bond acceptors (Lipinski definition) is 0. The van der Waals surface area contributed by atoms with Gasteiger partial charge < -0.3 is 0 Å². The lowest BCUT2D eigenvalue weighted by Crippen LogP contribution is -2.12. The summed E-state index contributed by atoms with van der Waals surface area (Å²) in [5.41, 5.74) is 2.80. The predicted octanol–water partition coefficient (Wildman–Crippen LogP) is 4.58. The highest BCUT2D eigenvalue weighted by Crippen LogP contribution is 2.32. The first-order valence-electron chi connectivity index (χ1n) is 5.17. The van der Waals surface area contributed by atoms with Crippen LogP contribution in [0.4, 0.5) is 0 Å². The second-order valence-electron chi connectivity index (χ2n) is 4.98. The molecule has 0 unspecified atom stereocenters. The first-order valence-corrected chi connectivity index (χ1v) is 5.17. The van der Waals surface area contributed by atoms with Crippen LogP contribution in [0.3, 0.4) is 0 Å². The molecule has 76 valence electrons. The lowest BCUT2D eigenvalue weighted by atomic mass is 9.80. The second kappa shape index (κ2) is 4.64. The molecule has 0 nitrogen and oxygen atoms in total. The van der Waals surface area contributed by atoms with Crippen LogP contribution in [0.15, 0.2) is 24.3 Å². The van der Waals surface area contributed by atoms with E-state index in [0.717, 1.165) is 6.42 Å². The van der Waals surface area contributed by atoms with Crippen molar-refractivity contribution in [2.75, 3.05) is 0 Å². The summed E-state index contributed by atoms with van der Waals surface area (Å²) in [6.07, 6.45) is 2.26. The SMILES string of the molecule is C=C(CC(C)(C)CC)C(=C)C(C)C. The van der Waals surface area contributed by atoms with Crippen LogP contribution in [-0.4, -0.2) is 0 Å². The highest BCUT2D eigenvalue weighted by atomic mass is 14.2. The largest absolute Gasteiger partial charge is 0.0955 e. The van der Waals surface area contributed by atoms with Crippen LogP contribution in [-0.2, 0) is 0 Å². The predicted molar refractivity (Wildman–Crippen MR) is 61.8 cm³/mol. The third-order valence-corrected chi connectivity index (χ3v) is 2.80. The van der Waals surface area contributed by atoms with Gasteiger partial charge in [0.15, 0.2) is 0 Å². The monoisotopic (exact) mass is 180 g/mol. The molecule has 0 heterocycles. The second-order valence-corrected chi connectivity index (χ2v) is 4.98. The standard InChI is InChI=1S/C13H24/c1-8-13(6,7)9-11(4)12(5)10(2)3/h10H,4-5,8-9H2,1-3,6-7H3. The average molecular weight is 180 g/mol. The van der Waals surface area contributed by atoms with Gasteiger partial charge in [0, 0.05) is 0 Å². The van der Waals surface area contributed by atoms with Gasteiger partial charge in [-0.25, -0.2) is 0 Å². The van der Waals surface area contributed by atoms with E-state index in [4.69, 9.17) is 0 Å². The van der Waals surface area contributed by atoms with Gasteiger partial charge in [-0.2, -0.15) is 0 Å². The van der Waals surface area contributed by atoms with Crippen LogP contribution in [0, 0.1) is 11.3 Å². The van der Waals surface area contributed by atoms with Crippen molar-refractivity contribution < 1.29 is 0 Å². The van der Waals surface area contributed by atoms with E-state index >= 15 is 0 Å². The molecule has 0 aliphatic heterocycles. The zero-order valence-electron chi connectivity index (χ0n) is 9.91. The highest BCUT2D eigenvalue weighted by molar-refractivity contribution is 5.27. The molecule has 0 aromatic heterocycles. The minimum absolute atomic E-state index is 0.370. The van der Waals surface area contributed by atoms with Crippen molar-refractivity contribution in [1.82, 2.24) is 0 Å². The first kappa shape index (κ1) is 12.5. The van der Waals surface area contributed by atoms with Crippen molar-refractivity contribution in [2.24, 2.45) is 11.3 Å². The number of hydrogen-bond donors (Lipinski definition) is 0. The summed E-state index contributed by atoms with van der Waals surface area (Å²) in [4.78, 5) is 0. The molecule has 0 radical (unpaired) electrons. The molecule has 0 rings (SSSR count). The van der Waals surface area contributed by atoms with E-state index in [9.17, 15) is 0 Å². The van der Waals surface area contributed by atoms with E-state index in [1.807, 2.05) is 0 Å². The third kappa shape index (κ3) is 4.31. The van der Waals surface area contributed by atoms with Gasteiger partial charge in [0.05, 0.1) is 0 Å². The van der Waals surface area contributed by atoms with Crippen molar-refractivity contribution in [3.05, 3.63) is 24.3 Å². The van der Waals surface area contributed by atoms with Crippen LogP contribution in [0.1, 0.15) is 47.5 Å². The van der Waals surface area contributed by atoms with Crippen LogP contribution < -0.4 is 0 Å². The molecule has 0 aromatic rings. The Labute approximate surface area is 83.7 Å². The molecule has 0 saturated carbocycles. The lowest BCUT2D eigenvalue weighted by molar-refractivity contribution is 0.348. The fraction of sp³-hybridized carbons (Fsp3) is 0.692. The molecule has 0 spiro atoms. The van der Waals surface area contributed by atoms with Gasteiger partial charge in [-0.05, 0) is 17.8 Å². The Morgan fingerprint density at radius 1 is 1.23 bits per heavy atom. The van der Waals surface area contributed by atoms with E-state index in [1.165, 1.54) is 17.6 Å². The molecule has 0 fully saturated rings. The van der Waals surface area contributed by atoms with Crippen molar-refractivity contribution in [1.29, 1.82) is 0 Å². The Hall–Kier alpha value is -0.520.